The molecule has 23 heavy (non-hydrogen) atoms. The molecule has 0 spiro atoms. The van der Waals surface area contributed by atoms with E-state index in [1.807, 2.05) is 37.4 Å². The minimum absolute atomic E-state index is 0.635. The summed E-state index contributed by atoms with van der Waals surface area (Å²) >= 11 is 6.43. The lowest BCUT2D eigenvalue weighted by molar-refractivity contribution is -0.655. The van der Waals surface area contributed by atoms with Crippen molar-refractivity contribution in [3.05, 3.63) is 41.4 Å². The first kappa shape index (κ1) is 14.5. The molecule has 1 fully saturated rings. The Bertz CT molecular complexity index is 851. The highest BCUT2D eigenvalue weighted by Crippen LogP contribution is 2.30. The average Bonchev–Trinajstić information content (AvgIpc) is 2.93. The second kappa shape index (κ2) is 5.83. The molecule has 1 aliphatic heterocycles. The summed E-state index contributed by atoms with van der Waals surface area (Å²) in [5.74, 6) is 1.78. The van der Waals surface area contributed by atoms with Crippen LogP contribution in [0.25, 0.3) is 22.6 Å². The summed E-state index contributed by atoms with van der Waals surface area (Å²) in [6.07, 6.45) is 0. The van der Waals surface area contributed by atoms with Gasteiger partial charge in [-0.1, -0.05) is 23.7 Å². The Morgan fingerprint density at radius 2 is 1.83 bits per heavy atom. The van der Waals surface area contributed by atoms with Gasteiger partial charge in [-0.05, 0) is 24.3 Å². The van der Waals surface area contributed by atoms with Crippen LogP contribution in [-0.4, -0.2) is 40.7 Å². The molecular formula is C17H19ClN5+. The number of hydrogen-bond donors (Lipinski definition) is 1. The summed E-state index contributed by atoms with van der Waals surface area (Å²) in [7, 11) is 2.01. The van der Waals surface area contributed by atoms with Gasteiger partial charge in [0.25, 0.3) is 0 Å². The summed E-state index contributed by atoms with van der Waals surface area (Å²) < 4.78 is 2.05. The minimum Gasteiger partial charge on any atom is -0.345 e. The number of imidazole rings is 1. The van der Waals surface area contributed by atoms with Gasteiger partial charge < -0.3 is 14.8 Å². The van der Waals surface area contributed by atoms with Crippen LogP contribution in [0.1, 0.15) is 0 Å². The number of piperazine rings is 1. The quantitative estimate of drug-likeness (QED) is 0.778. The molecule has 0 saturated carbocycles. The number of fused-ring (bicyclic) bond motifs is 1. The van der Waals surface area contributed by atoms with Crippen LogP contribution in [-0.2, 0) is 7.05 Å². The van der Waals surface area contributed by atoms with Crippen LogP contribution >= 0.6 is 11.6 Å². The smallest absolute Gasteiger partial charge is 0.161 e. The van der Waals surface area contributed by atoms with Gasteiger partial charge in [0.15, 0.2) is 5.82 Å². The van der Waals surface area contributed by atoms with Crippen molar-refractivity contribution in [2.45, 2.75) is 0 Å². The third kappa shape index (κ3) is 2.56. The number of aromatic nitrogens is 3. The Balaban J connectivity index is 1.81. The van der Waals surface area contributed by atoms with Crippen molar-refractivity contribution in [1.29, 1.82) is 0 Å². The fourth-order valence-corrected chi connectivity index (χ4v) is 3.29. The molecule has 0 bridgehead atoms. The first-order chi connectivity index (χ1) is 11.2. The Labute approximate surface area is 139 Å². The number of hydrogen-bond acceptors (Lipinski definition) is 3. The number of rotatable bonds is 2. The zero-order valence-electron chi connectivity index (χ0n) is 13.0. The Morgan fingerprint density at radius 1 is 1.04 bits per heavy atom. The standard InChI is InChI=1S/C17H18ClN5/c1-22-14-5-3-2-4-13(14)20-17(22)16-12(18)6-7-15(21-16)23-10-8-19-9-11-23/h2-7,19H,8-11H2,1H3/p+1. The van der Waals surface area contributed by atoms with E-state index in [9.17, 15) is 0 Å². The van der Waals surface area contributed by atoms with E-state index in [0.29, 0.717) is 5.02 Å². The van der Waals surface area contributed by atoms with Gasteiger partial charge >= 0.3 is 0 Å². The maximum Gasteiger partial charge on any atom is 0.161 e. The van der Waals surface area contributed by atoms with Crippen molar-refractivity contribution in [1.82, 2.24) is 14.5 Å². The van der Waals surface area contributed by atoms with Crippen molar-refractivity contribution in [2.75, 3.05) is 31.1 Å². The summed E-state index contributed by atoms with van der Waals surface area (Å²) in [6.45, 7) is 4.23. The predicted molar refractivity (Wildman–Crippen MR) is 92.8 cm³/mol. The molecule has 0 unspecified atom stereocenters. The van der Waals surface area contributed by atoms with Gasteiger partial charge in [-0.25, -0.2) is 9.97 Å². The second-order valence-corrected chi connectivity index (χ2v) is 6.24. The molecule has 1 aliphatic rings. The molecule has 118 valence electrons. The first-order valence-electron chi connectivity index (χ1n) is 7.89. The lowest BCUT2D eigenvalue weighted by atomic mass is 10.3. The van der Waals surface area contributed by atoms with E-state index in [-0.39, 0.29) is 0 Å². The molecule has 6 heteroatoms. The molecule has 1 saturated heterocycles. The van der Waals surface area contributed by atoms with Crippen LogP contribution in [0.2, 0.25) is 5.02 Å². The van der Waals surface area contributed by atoms with E-state index in [1.54, 1.807) is 0 Å². The maximum atomic E-state index is 6.43. The largest absolute Gasteiger partial charge is 0.345 e. The maximum absolute atomic E-state index is 6.43. The molecule has 4 rings (SSSR count). The highest BCUT2D eigenvalue weighted by molar-refractivity contribution is 6.33. The van der Waals surface area contributed by atoms with Gasteiger partial charge in [-0.2, -0.15) is 0 Å². The first-order valence-corrected chi connectivity index (χ1v) is 8.27. The molecule has 0 amide bonds. The molecule has 0 atom stereocenters. The summed E-state index contributed by atoms with van der Waals surface area (Å²) in [4.78, 5) is 11.8. The van der Waals surface area contributed by atoms with Crippen molar-refractivity contribution in [2.24, 2.45) is 7.05 Å². The fourth-order valence-electron chi connectivity index (χ4n) is 3.10. The van der Waals surface area contributed by atoms with Crippen LogP contribution in [0.4, 0.5) is 5.82 Å². The fraction of sp³-hybridized carbons (Fsp3) is 0.294. The highest BCUT2D eigenvalue weighted by Gasteiger charge is 2.18. The molecule has 0 radical (unpaired) electrons. The van der Waals surface area contributed by atoms with Crippen LogP contribution in [0.5, 0.6) is 0 Å². The number of nitrogens with zero attached hydrogens (tertiary/aromatic N) is 4. The van der Waals surface area contributed by atoms with Gasteiger partial charge in [-0.15, -0.1) is 0 Å². The highest BCUT2D eigenvalue weighted by atomic mass is 35.5. The topological polar surface area (TPSA) is 50.6 Å². The minimum atomic E-state index is 0.635. The van der Waals surface area contributed by atoms with Crippen molar-refractivity contribution < 1.29 is 5.32 Å². The Morgan fingerprint density at radius 3 is 2.61 bits per heavy atom. The third-order valence-corrected chi connectivity index (χ3v) is 4.67. The summed E-state index contributed by atoms with van der Waals surface area (Å²) in [6, 6.07) is 12.0. The monoisotopic (exact) mass is 328 g/mol. The molecule has 0 aliphatic carbocycles. The number of benzene rings is 1. The normalized spacial score (nSPS) is 15.3. The Hall–Kier alpha value is -2.11. The van der Waals surface area contributed by atoms with E-state index >= 15 is 0 Å². The molecule has 3 heterocycles. The van der Waals surface area contributed by atoms with Gasteiger partial charge in [0.05, 0.1) is 42.2 Å². The zero-order chi connectivity index (χ0) is 15.8. The van der Waals surface area contributed by atoms with Crippen molar-refractivity contribution in [3.63, 3.8) is 0 Å². The molecule has 5 nitrogen and oxygen atoms in total. The van der Waals surface area contributed by atoms with E-state index in [0.717, 1.165) is 54.5 Å². The van der Waals surface area contributed by atoms with Crippen molar-refractivity contribution >= 4 is 28.5 Å². The SMILES string of the molecule is Cn1c(-c2nc(N3CC[NH2+]CC3)ccc2Cl)nc2ccccc21. The van der Waals surface area contributed by atoms with E-state index < -0.39 is 0 Å². The lowest BCUT2D eigenvalue weighted by Crippen LogP contribution is -2.89. The van der Waals surface area contributed by atoms with Gasteiger partial charge in [-0.3, -0.25) is 0 Å². The molecule has 3 aromatic rings. The molecule has 2 aromatic heterocycles. The van der Waals surface area contributed by atoms with E-state index in [1.165, 1.54) is 0 Å². The average molecular weight is 329 g/mol. The predicted octanol–water partition coefficient (Wildman–Crippen LogP) is 1.67. The number of pyridine rings is 1. The number of quaternary nitrogens is 1. The summed E-state index contributed by atoms with van der Waals surface area (Å²) in [5.41, 5.74) is 2.79. The van der Waals surface area contributed by atoms with Crippen molar-refractivity contribution in [3.8, 4) is 11.5 Å². The van der Waals surface area contributed by atoms with Gasteiger partial charge in [0.1, 0.15) is 11.5 Å². The number of anilines is 1. The third-order valence-electron chi connectivity index (χ3n) is 4.36. The molecule has 2 N–H and O–H groups in total. The number of aryl methyl sites for hydroxylation is 1. The number of nitrogens with two attached hydrogens (primary N) is 1. The van der Waals surface area contributed by atoms with Crippen LogP contribution < -0.4 is 10.2 Å². The van der Waals surface area contributed by atoms with E-state index in [4.69, 9.17) is 21.6 Å². The zero-order valence-corrected chi connectivity index (χ0v) is 13.8. The van der Waals surface area contributed by atoms with Gasteiger partial charge in [0, 0.05) is 7.05 Å². The molecular weight excluding hydrogens is 310 g/mol. The van der Waals surface area contributed by atoms with Crippen LogP contribution in [0, 0.1) is 0 Å². The lowest BCUT2D eigenvalue weighted by Gasteiger charge is -2.26. The Kier molecular flexibility index (Phi) is 3.67. The van der Waals surface area contributed by atoms with Crippen LogP contribution in [0.15, 0.2) is 36.4 Å². The second-order valence-electron chi connectivity index (χ2n) is 5.84. The molecule has 1 aromatic carbocycles. The van der Waals surface area contributed by atoms with Gasteiger partial charge in [0.2, 0.25) is 0 Å². The van der Waals surface area contributed by atoms with E-state index in [2.05, 4.69) is 20.9 Å². The summed E-state index contributed by atoms with van der Waals surface area (Å²) in [5, 5.41) is 2.97. The van der Waals surface area contributed by atoms with Crippen LogP contribution in [0.3, 0.4) is 0 Å². The number of halogens is 1. The number of para-hydroxylation sites is 2.